The van der Waals surface area contributed by atoms with Gasteiger partial charge in [0.05, 0.1) is 5.69 Å². The number of nitrogens with zero attached hydrogens (tertiary/aromatic N) is 3. The lowest BCUT2D eigenvalue weighted by molar-refractivity contribution is -0.116. The van der Waals surface area contributed by atoms with Crippen LogP contribution in [0, 0.1) is 5.92 Å². The van der Waals surface area contributed by atoms with Crippen LogP contribution in [0.15, 0.2) is 26.4 Å². The normalized spacial score (nSPS) is 11.4. The van der Waals surface area contributed by atoms with Crippen molar-refractivity contribution in [1.29, 1.82) is 0 Å². The van der Waals surface area contributed by atoms with Crippen LogP contribution in [-0.2, 0) is 24.3 Å². The van der Waals surface area contributed by atoms with Crippen molar-refractivity contribution >= 4 is 34.1 Å². The fourth-order valence-electron chi connectivity index (χ4n) is 3.28. The molecule has 3 heterocycles. The number of aromatic nitrogens is 4. The third kappa shape index (κ3) is 4.84. The second kappa shape index (κ2) is 9.21. The monoisotopic (exact) mass is 417 g/mol. The first-order valence-corrected chi connectivity index (χ1v) is 10.9. The molecule has 0 radical (unpaired) electrons. The van der Waals surface area contributed by atoms with E-state index in [9.17, 15) is 14.4 Å². The molecule has 0 atom stereocenters. The summed E-state index contributed by atoms with van der Waals surface area (Å²) in [5.41, 5.74) is 0.719. The van der Waals surface area contributed by atoms with E-state index in [4.69, 9.17) is 0 Å². The molecule has 0 bridgehead atoms. The van der Waals surface area contributed by atoms with E-state index in [-0.39, 0.29) is 18.2 Å². The van der Waals surface area contributed by atoms with E-state index in [0.29, 0.717) is 36.5 Å². The summed E-state index contributed by atoms with van der Waals surface area (Å²) in [7, 11) is 0. The van der Waals surface area contributed by atoms with Crippen molar-refractivity contribution < 1.29 is 4.79 Å². The molecule has 0 aliphatic rings. The Morgan fingerprint density at radius 3 is 2.76 bits per heavy atom. The summed E-state index contributed by atoms with van der Waals surface area (Å²) in [6.07, 6.45) is 2.37. The molecule has 29 heavy (non-hydrogen) atoms. The van der Waals surface area contributed by atoms with Crippen LogP contribution in [0.1, 0.15) is 45.9 Å². The Labute approximate surface area is 172 Å². The molecular formula is C20H27N5O3S. The zero-order valence-corrected chi connectivity index (χ0v) is 17.8. The Balaban J connectivity index is 1.96. The lowest BCUT2D eigenvalue weighted by Crippen LogP contribution is -2.31. The second-order valence-corrected chi connectivity index (χ2v) is 8.31. The smallest absolute Gasteiger partial charge is 0.325 e. The number of anilines is 1. The van der Waals surface area contributed by atoms with E-state index < -0.39 is 11.2 Å². The molecule has 1 amide bonds. The van der Waals surface area contributed by atoms with Crippen molar-refractivity contribution in [2.45, 2.75) is 59.5 Å². The van der Waals surface area contributed by atoms with Gasteiger partial charge in [-0.2, -0.15) is 11.3 Å². The van der Waals surface area contributed by atoms with Crippen LogP contribution in [0.3, 0.4) is 0 Å². The molecule has 8 nitrogen and oxygen atoms in total. The molecule has 0 saturated carbocycles. The number of aryl methyl sites for hydroxylation is 2. The van der Waals surface area contributed by atoms with Crippen molar-refractivity contribution in [3.63, 3.8) is 0 Å². The summed E-state index contributed by atoms with van der Waals surface area (Å²) in [5, 5.41) is 6.63. The summed E-state index contributed by atoms with van der Waals surface area (Å²) >= 11 is 1.52. The second-order valence-electron chi connectivity index (χ2n) is 7.53. The van der Waals surface area contributed by atoms with Gasteiger partial charge in [0.25, 0.3) is 5.56 Å². The van der Waals surface area contributed by atoms with Crippen molar-refractivity contribution in [1.82, 2.24) is 19.1 Å². The highest BCUT2D eigenvalue weighted by Crippen LogP contribution is 2.17. The quantitative estimate of drug-likeness (QED) is 0.559. The fraction of sp³-hybridized carbons (Fsp3) is 0.500. The average Bonchev–Trinajstić information content (AvgIpc) is 3.28. The highest BCUT2D eigenvalue weighted by Gasteiger charge is 2.19. The number of hydrogen-bond acceptors (Lipinski definition) is 5. The number of carbonyl (C=O) groups is 1. The van der Waals surface area contributed by atoms with Crippen LogP contribution >= 0.6 is 11.3 Å². The highest BCUT2D eigenvalue weighted by atomic mass is 32.1. The van der Waals surface area contributed by atoms with E-state index in [0.717, 1.165) is 18.5 Å². The number of rotatable bonds is 9. The number of unbranched alkanes of at least 4 members (excludes halogenated alkanes) is 1. The maximum Gasteiger partial charge on any atom is 0.330 e. The molecule has 3 rings (SSSR count). The predicted octanol–water partition coefficient (Wildman–Crippen LogP) is 2.98. The number of carbonyl (C=O) groups excluding carboxylic acids is 1. The van der Waals surface area contributed by atoms with Gasteiger partial charge >= 0.3 is 5.69 Å². The average molecular weight is 418 g/mol. The standard InChI is InChI=1S/C20H27N5O3S/c1-4-5-9-24-18-17(19(27)23-20(24)28)25(11-13(2)3)15(22-18)6-7-16(26)21-14-8-10-29-12-14/h8,10,12-13H,4-7,9,11H2,1-3H3,(H,21,26)(H,23,27,28). The third-order valence-electron chi connectivity index (χ3n) is 4.63. The molecule has 0 aliphatic carbocycles. The first-order valence-electron chi connectivity index (χ1n) is 9.95. The molecule has 2 N–H and O–H groups in total. The van der Waals surface area contributed by atoms with Crippen LogP contribution in [0.2, 0.25) is 0 Å². The predicted molar refractivity (Wildman–Crippen MR) is 116 cm³/mol. The van der Waals surface area contributed by atoms with E-state index >= 15 is 0 Å². The van der Waals surface area contributed by atoms with Gasteiger partial charge in [-0.1, -0.05) is 27.2 Å². The lowest BCUT2D eigenvalue weighted by atomic mass is 10.2. The van der Waals surface area contributed by atoms with E-state index in [2.05, 4.69) is 29.1 Å². The van der Waals surface area contributed by atoms with Gasteiger partial charge in [0.1, 0.15) is 5.82 Å². The minimum absolute atomic E-state index is 0.108. The Bertz CT molecular complexity index is 1090. The number of H-pyrrole nitrogens is 1. The Morgan fingerprint density at radius 2 is 2.10 bits per heavy atom. The zero-order valence-electron chi connectivity index (χ0n) is 17.0. The summed E-state index contributed by atoms with van der Waals surface area (Å²) < 4.78 is 3.39. The molecule has 0 fully saturated rings. The molecule has 0 saturated heterocycles. The largest absolute Gasteiger partial charge is 0.330 e. The number of hydrogen-bond donors (Lipinski definition) is 2. The molecular weight excluding hydrogens is 390 g/mol. The molecule has 0 spiro atoms. The third-order valence-corrected chi connectivity index (χ3v) is 5.31. The summed E-state index contributed by atoms with van der Waals surface area (Å²) in [6, 6.07) is 1.85. The van der Waals surface area contributed by atoms with Gasteiger partial charge in [0.15, 0.2) is 11.2 Å². The van der Waals surface area contributed by atoms with E-state index in [1.54, 1.807) is 0 Å². The fourth-order valence-corrected chi connectivity index (χ4v) is 3.87. The van der Waals surface area contributed by atoms with Crippen LogP contribution < -0.4 is 16.6 Å². The molecule has 0 aromatic carbocycles. The van der Waals surface area contributed by atoms with Crippen molar-refractivity contribution in [2.24, 2.45) is 5.92 Å². The molecule has 3 aromatic heterocycles. The van der Waals surface area contributed by atoms with Crippen molar-refractivity contribution in [3.05, 3.63) is 43.5 Å². The van der Waals surface area contributed by atoms with Gasteiger partial charge < -0.3 is 9.88 Å². The Morgan fingerprint density at radius 1 is 1.31 bits per heavy atom. The lowest BCUT2D eigenvalue weighted by Gasteiger charge is -2.11. The van der Waals surface area contributed by atoms with Gasteiger partial charge in [-0.3, -0.25) is 19.1 Å². The maximum atomic E-state index is 12.6. The van der Waals surface area contributed by atoms with Gasteiger partial charge in [-0.25, -0.2) is 9.78 Å². The van der Waals surface area contributed by atoms with Gasteiger partial charge in [-0.15, -0.1) is 0 Å². The van der Waals surface area contributed by atoms with E-state index in [1.165, 1.54) is 15.9 Å². The van der Waals surface area contributed by atoms with Crippen LogP contribution in [-0.4, -0.2) is 25.0 Å². The summed E-state index contributed by atoms with van der Waals surface area (Å²) in [4.78, 5) is 44.3. The number of fused-ring (bicyclic) bond motifs is 1. The van der Waals surface area contributed by atoms with Crippen LogP contribution in [0.25, 0.3) is 11.2 Å². The minimum atomic E-state index is -0.438. The van der Waals surface area contributed by atoms with Gasteiger partial charge in [0, 0.05) is 31.3 Å². The number of nitrogens with one attached hydrogen (secondary N) is 2. The first-order chi connectivity index (χ1) is 13.9. The molecule has 3 aromatic rings. The van der Waals surface area contributed by atoms with Gasteiger partial charge in [0.2, 0.25) is 5.91 Å². The number of amides is 1. The zero-order chi connectivity index (χ0) is 21.0. The first kappa shape index (κ1) is 21.0. The molecule has 0 aliphatic heterocycles. The molecule has 9 heteroatoms. The maximum absolute atomic E-state index is 12.6. The van der Waals surface area contributed by atoms with Crippen molar-refractivity contribution in [2.75, 3.05) is 5.32 Å². The van der Waals surface area contributed by atoms with Gasteiger partial charge in [-0.05, 0) is 23.8 Å². The van der Waals surface area contributed by atoms with Crippen LogP contribution in [0.4, 0.5) is 5.69 Å². The van der Waals surface area contributed by atoms with Crippen molar-refractivity contribution in [3.8, 4) is 0 Å². The van der Waals surface area contributed by atoms with Crippen LogP contribution in [0.5, 0.6) is 0 Å². The topological polar surface area (TPSA) is 102 Å². The molecule has 0 unspecified atom stereocenters. The van der Waals surface area contributed by atoms with E-state index in [1.807, 2.05) is 28.3 Å². The Kier molecular flexibility index (Phi) is 6.68. The number of thiophene rings is 1. The Hall–Kier alpha value is -2.68. The summed E-state index contributed by atoms with van der Waals surface area (Å²) in [5.74, 6) is 0.820. The summed E-state index contributed by atoms with van der Waals surface area (Å²) in [6.45, 7) is 7.25. The SMILES string of the molecule is CCCCn1c(=O)[nH]c(=O)c2c1nc(CCC(=O)Nc1ccsc1)n2CC(C)C. The minimum Gasteiger partial charge on any atom is -0.325 e. The highest BCUT2D eigenvalue weighted by molar-refractivity contribution is 7.08. The molecule has 156 valence electrons. The number of imidazole rings is 1. The number of aromatic amines is 1.